The molecule has 0 radical (unpaired) electrons. The first-order chi connectivity index (χ1) is 16.3. The summed E-state index contributed by atoms with van der Waals surface area (Å²) in [4.78, 5) is 18.0. The molecule has 1 aromatic carbocycles. The molecule has 34 heavy (non-hydrogen) atoms. The second-order valence-electron chi connectivity index (χ2n) is 8.59. The Labute approximate surface area is 194 Å². The molecule has 0 N–H and O–H groups in total. The van der Waals surface area contributed by atoms with E-state index in [1.54, 1.807) is 11.1 Å². The van der Waals surface area contributed by atoms with Crippen LogP contribution in [0.4, 0.5) is 23.7 Å². The maximum atomic E-state index is 13.0. The monoisotopic (exact) mass is 472 g/mol. The lowest BCUT2D eigenvalue weighted by Gasteiger charge is -2.35. The van der Waals surface area contributed by atoms with Crippen LogP contribution in [0.25, 0.3) is 11.1 Å². The van der Waals surface area contributed by atoms with Crippen LogP contribution in [0, 0.1) is 0 Å². The summed E-state index contributed by atoms with van der Waals surface area (Å²) in [5.41, 5.74) is 2.10. The standard InChI is InChI=1S/C24H23F3N4O3/c1-14-3-7-19-20(31(14)23(32)33-2)9-8-18(15-11-29-30(13-15)17-5-6-17)22(19)34-21-10-4-16(12-28-21)24(25,26)27/h4,8-14,17H,3,5-7H2,1-2H3/t14-/m0/s1. The number of amides is 1. The molecule has 178 valence electrons. The van der Waals surface area contributed by atoms with Crippen molar-refractivity contribution in [1.29, 1.82) is 0 Å². The Bertz CT molecular complexity index is 1220. The number of ether oxygens (including phenoxy) is 2. The van der Waals surface area contributed by atoms with Gasteiger partial charge in [-0.2, -0.15) is 18.3 Å². The molecule has 0 spiro atoms. The highest BCUT2D eigenvalue weighted by atomic mass is 19.4. The maximum absolute atomic E-state index is 13.0. The van der Waals surface area contributed by atoms with E-state index in [1.165, 1.54) is 13.2 Å². The zero-order chi connectivity index (χ0) is 24.0. The van der Waals surface area contributed by atoms with Crippen molar-refractivity contribution < 1.29 is 27.4 Å². The molecule has 1 amide bonds. The number of halogens is 3. The van der Waals surface area contributed by atoms with Crippen LogP contribution in [-0.4, -0.2) is 34.0 Å². The Hall–Kier alpha value is -3.56. The number of benzene rings is 1. The highest BCUT2D eigenvalue weighted by molar-refractivity contribution is 5.92. The normalized spacial score (nSPS) is 17.9. The molecule has 0 unspecified atom stereocenters. The summed E-state index contributed by atoms with van der Waals surface area (Å²) in [5, 5.41) is 4.46. The first kappa shape index (κ1) is 22.2. The van der Waals surface area contributed by atoms with E-state index in [2.05, 4.69) is 10.1 Å². The average molecular weight is 472 g/mol. The van der Waals surface area contributed by atoms with Gasteiger partial charge in [-0.3, -0.25) is 9.58 Å². The average Bonchev–Trinajstić information content (AvgIpc) is 3.55. The van der Waals surface area contributed by atoms with Gasteiger partial charge in [-0.15, -0.1) is 0 Å². The molecule has 0 bridgehead atoms. The summed E-state index contributed by atoms with van der Waals surface area (Å²) < 4.78 is 52.0. The lowest BCUT2D eigenvalue weighted by Crippen LogP contribution is -2.42. The number of rotatable bonds is 4. The van der Waals surface area contributed by atoms with E-state index >= 15 is 0 Å². The Balaban J connectivity index is 1.60. The molecule has 1 atom stereocenters. The number of aromatic nitrogens is 3. The van der Waals surface area contributed by atoms with Crippen molar-refractivity contribution in [3.8, 4) is 22.8 Å². The summed E-state index contributed by atoms with van der Waals surface area (Å²) in [7, 11) is 1.33. The fraction of sp³-hybridized carbons (Fsp3) is 0.375. The fourth-order valence-electron chi connectivity index (χ4n) is 4.25. The van der Waals surface area contributed by atoms with E-state index in [4.69, 9.17) is 9.47 Å². The van der Waals surface area contributed by atoms with Crippen molar-refractivity contribution in [3.05, 3.63) is 54.0 Å². The van der Waals surface area contributed by atoms with Crippen molar-refractivity contribution in [2.75, 3.05) is 12.0 Å². The third kappa shape index (κ3) is 4.08. The van der Waals surface area contributed by atoms with Crippen LogP contribution in [-0.2, 0) is 17.3 Å². The minimum Gasteiger partial charge on any atom is -0.452 e. The summed E-state index contributed by atoms with van der Waals surface area (Å²) in [6.07, 6.45) is 2.91. The number of methoxy groups -OCH3 is 1. The lowest BCUT2D eigenvalue weighted by atomic mass is 9.92. The molecule has 2 aliphatic rings. The third-order valence-electron chi connectivity index (χ3n) is 6.22. The lowest BCUT2D eigenvalue weighted by molar-refractivity contribution is -0.137. The molecular formula is C24H23F3N4O3. The van der Waals surface area contributed by atoms with Gasteiger partial charge in [-0.05, 0) is 50.8 Å². The number of hydrogen-bond donors (Lipinski definition) is 0. The van der Waals surface area contributed by atoms with Gasteiger partial charge in [-0.1, -0.05) is 0 Å². The van der Waals surface area contributed by atoms with E-state index in [-0.39, 0.29) is 11.9 Å². The number of pyridine rings is 1. The Morgan fingerprint density at radius 2 is 1.91 bits per heavy atom. The van der Waals surface area contributed by atoms with Crippen molar-refractivity contribution >= 4 is 11.8 Å². The zero-order valence-corrected chi connectivity index (χ0v) is 18.7. The summed E-state index contributed by atoms with van der Waals surface area (Å²) in [6, 6.07) is 6.12. The first-order valence-electron chi connectivity index (χ1n) is 11.0. The number of hydrogen-bond acceptors (Lipinski definition) is 5. The highest BCUT2D eigenvalue weighted by Crippen LogP contribution is 2.45. The van der Waals surface area contributed by atoms with Crippen molar-refractivity contribution in [1.82, 2.24) is 14.8 Å². The quantitative estimate of drug-likeness (QED) is 0.466. The van der Waals surface area contributed by atoms with Crippen LogP contribution >= 0.6 is 0 Å². The number of carbonyl (C=O) groups excluding carboxylic acids is 1. The van der Waals surface area contributed by atoms with E-state index < -0.39 is 17.8 Å². The molecule has 1 fully saturated rings. The van der Waals surface area contributed by atoms with Crippen molar-refractivity contribution in [3.63, 3.8) is 0 Å². The second-order valence-corrected chi connectivity index (χ2v) is 8.59. The van der Waals surface area contributed by atoms with E-state index in [0.717, 1.165) is 41.8 Å². The van der Waals surface area contributed by atoms with Gasteiger partial charge in [0, 0.05) is 41.2 Å². The van der Waals surface area contributed by atoms with Crippen LogP contribution in [0.1, 0.15) is 43.4 Å². The minimum atomic E-state index is -4.49. The van der Waals surface area contributed by atoms with E-state index in [0.29, 0.717) is 30.3 Å². The third-order valence-corrected chi connectivity index (χ3v) is 6.22. The van der Waals surface area contributed by atoms with E-state index in [9.17, 15) is 18.0 Å². The predicted octanol–water partition coefficient (Wildman–Crippen LogP) is 6.00. The molecule has 1 saturated carbocycles. The van der Waals surface area contributed by atoms with Crippen LogP contribution in [0.5, 0.6) is 11.6 Å². The van der Waals surface area contributed by atoms with Gasteiger partial charge in [-0.25, -0.2) is 9.78 Å². The summed E-state index contributed by atoms with van der Waals surface area (Å²) in [5.74, 6) is 0.474. The Kier molecular flexibility index (Phi) is 5.45. The van der Waals surface area contributed by atoms with Gasteiger partial charge in [0.05, 0.1) is 30.6 Å². The Morgan fingerprint density at radius 1 is 1.12 bits per heavy atom. The predicted molar refractivity (Wildman–Crippen MR) is 118 cm³/mol. The largest absolute Gasteiger partial charge is 0.452 e. The molecule has 3 heterocycles. The van der Waals surface area contributed by atoms with Gasteiger partial charge in [0.15, 0.2) is 0 Å². The minimum absolute atomic E-state index is 0.0282. The van der Waals surface area contributed by atoms with Crippen molar-refractivity contribution in [2.24, 2.45) is 0 Å². The molecule has 1 aliphatic carbocycles. The molecule has 5 rings (SSSR count). The van der Waals surface area contributed by atoms with Crippen LogP contribution in [0.15, 0.2) is 42.9 Å². The van der Waals surface area contributed by atoms with Gasteiger partial charge in [0.1, 0.15) is 5.75 Å². The smallest absolute Gasteiger partial charge is 0.417 e. The van der Waals surface area contributed by atoms with Crippen LogP contribution in [0.3, 0.4) is 0 Å². The van der Waals surface area contributed by atoms with Gasteiger partial charge >= 0.3 is 12.3 Å². The zero-order valence-electron chi connectivity index (χ0n) is 18.7. The number of anilines is 1. The molecule has 2 aromatic heterocycles. The van der Waals surface area contributed by atoms with Gasteiger partial charge < -0.3 is 9.47 Å². The van der Waals surface area contributed by atoms with Gasteiger partial charge in [0.2, 0.25) is 5.88 Å². The van der Waals surface area contributed by atoms with Crippen LogP contribution < -0.4 is 9.64 Å². The number of alkyl halides is 3. The summed E-state index contributed by atoms with van der Waals surface area (Å²) in [6.45, 7) is 1.94. The molecule has 0 saturated heterocycles. The van der Waals surface area contributed by atoms with Gasteiger partial charge in [0.25, 0.3) is 0 Å². The highest BCUT2D eigenvalue weighted by Gasteiger charge is 2.34. The van der Waals surface area contributed by atoms with E-state index in [1.807, 2.05) is 29.9 Å². The topological polar surface area (TPSA) is 69.5 Å². The first-order valence-corrected chi connectivity index (χ1v) is 11.0. The van der Waals surface area contributed by atoms with Crippen molar-refractivity contribution in [2.45, 2.75) is 50.9 Å². The Morgan fingerprint density at radius 3 is 2.56 bits per heavy atom. The molecule has 3 aromatic rings. The molecule has 1 aliphatic heterocycles. The fourth-order valence-corrected chi connectivity index (χ4v) is 4.25. The summed E-state index contributed by atoms with van der Waals surface area (Å²) >= 11 is 0. The second kappa shape index (κ2) is 8.34. The number of nitrogens with zero attached hydrogens (tertiary/aromatic N) is 4. The molecular weight excluding hydrogens is 449 g/mol. The maximum Gasteiger partial charge on any atom is 0.417 e. The molecule has 7 nitrogen and oxygen atoms in total. The SMILES string of the molecule is COC(=O)N1c2ccc(-c3cnn(C4CC4)c3)c(Oc3ccc(C(F)(F)F)cn3)c2CC[C@@H]1C. The number of fused-ring (bicyclic) bond motifs is 1. The molecule has 10 heteroatoms. The number of carbonyl (C=O) groups is 1. The van der Waals surface area contributed by atoms with Crippen LogP contribution in [0.2, 0.25) is 0 Å².